The molecule has 0 saturated heterocycles. The Balaban J connectivity index is 1.66. The number of hydrogen-bond acceptors (Lipinski definition) is 3. The molecule has 0 atom stereocenters. The molecule has 0 amide bonds. The van der Waals surface area contributed by atoms with E-state index in [9.17, 15) is 4.39 Å². The van der Waals surface area contributed by atoms with Crippen LogP contribution in [0.2, 0.25) is 0 Å². The van der Waals surface area contributed by atoms with E-state index in [2.05, 4.69) is 5.32 Å². The molecule has 0 unspecified atom stereocenters. The van der Waals surface area contributed by atoms with E-state index >= 15 is 0 Å². The topological polar surface area (TPSA) is 24.9 Å². The van der Waals surface area contributed by atoms with Crippen LogP contribution in [-0.2, 0) is 6.54 Å². The van der Waals surface area contributed by atoms with E-state index in [-0.39, 0.29) is 5.82 Å². The van der Waals surface area contributed by atoms with Crippen LogP contribution in [0.5, 0.6) is 0 Å². The number of benzene rings is 1. The highest BCUT2D eigenvalue weighted by Crippen LogP contribution is 2.44. The Morgan fingerprint density at radius 3 is 2.70 bits per heavy atom. The van der Waals surface area contributed by atoms with Crippen molar-refractivity contribution >= 4 is 11.3 Å². The summed E-state index contributed by atoms with van der Waals surface area (Å²) in [5, 5.41) is 4.38. The Kier molecular flexibility index (Phi) is 3.08. The summed E-state index contributed by atoms with van der Waals surface area (Å²) < 4.78 is 13.9. The minimum atomic E-state index is -0.176. The summed E-state index contributed by atoms with van der Waals surface area (Å²) >= 11 is 1.65. The highest BCUT2D eigenvalue weighted by atomic mass is 32.1. The lowest BCUT2D eigenvalue weighted by molar-refractivity contribution is 0.631. The second-order valence-corrected chi connectivity index (χ2v) is 6.82. The molecule has 2 fully saturated rings. The zero-order chi connectivity index (χ0) is 13.5. The van der Waals surface area contributed by atoms with Gasteiger partial charge in [0.05, 0.1) is 5.69 Å². The van der Waals surface area contributed by atoms with Gasteiger partial charge >= 0.3 is 0 Å². The Labute approximate surface area is 122 Å². The van der Waals surface area contributed by atoms with Crippen molar-refractivity contribution in [3.8, 4) is 10.6 Å². The van der Waals surface area contributed by atoms with Crippen molar-refractivity contribution in [1.82, 2.24) is 10.3 Å². The lowest BCUT2D eigenvalue weighted by Crippen LogP contribution is -2.15. The van der Waals surface area contributed by atoms with Crippen molar-refractivity contribution in [1.29, 1.82) is 0 Å². The fraction of sp³-hybridized carbons (Fsp3) is 0.438. The van der Waals surface area contributed by atoms with E-state index in [1.54, 1.807) is 17.4 Å². The van der Waals surface area contributed by atoms with Crippen LogP contribution in [0.1, 0.15) is 42.2 Å². The van der Waals surface area contributed by atoms with Gasteiger partial charge in [-0.2, -0.15) is 0 Å². The molecule has 1 aromatic carbocycles. The van der Waals surface area contributed by atoms with E-state index in [0.717, 1.165) is 11.6 Å². The van der Waals surface area contributed by atoms with Gasteiger partial charge in [0.2, 0.25) is 0 Å². The minimum Gasteiger partial charge on any atom is -0.309 e. The van der Waals surface area contributed by atoms with Gasteiger partial charge in [-0.15, -0.1) is 11.3 Å². The van der Waals surface area contributed by atoms with E-state index in [1.165, 1.54) is 42.3 Å². The second-order valence-electron chi connectivity index (χ2n) is 5.74. The van der Waals surface area contributed by atoms with Crippen LogP contribution >= 0.6 is 11.3 Å². The SMILES string of the molecule is Fc1ccccc1-c1nc(C2CC2)c(CNC2CC2)s1. The predicted molar refractivity (Wildman–Crippen MR) is 79.3 cm³/mol. The Bertz CT molecular complexity index is 629. The number of halogens is 1. The third kappa shape index (κ3) is 2.50. The van der Waals surface area contributed by atoms with Crippen LogP contribution < -0.4 is 5.32 Å². The molecule has 2 nitrogen and oxygen atoms in total. The molecule has 0 bridgehead atoms. The van der Waals surface area contributed by atoms with Crippen molar-refractivity contribution in [3.63, 3.8) is 0 Å². The fourth-order valence-electron chi connectivity index (χ4n) is 2.44. The number of thiazole rings is 1. The van der Waals surface area contributed by atoms with Gasteiger partial charge in [0, 0.05) is 28.9 Å². The summed E-state index contributed by atoms with van der Waals surface area (Å²) in [6, 6.07) is 7.63. The summed E-state index contributed by atoms with van der Waals surface area (Å²) in [4.78, 5) is 6.04. The largest absolute Gasteiger partial charge is 0.309 e. The summed E-state index contributed by atoms with van der Waals surface area (Å²) in [5.74, 6) is 0.438. The summed E-state index contributed by atoms with van der Waals surface area (Å²) in [6.07, 6.45) is 5.04. The molecule has 104 valence electrons. The molecule has 2 aliphatic rings. The Morgan fingerprint density at radius 2 is 2.00 bits per heavy atom. The maximum Gasteiger partial charge on any atom is 0.133 e. The molecule has 1 heterocycles. The van der Waals surface area contributed by atoms with Gasteiger partial charge in [-0.25, -0.2) is 9.37 Å². The quantitative estimate of drug-likeness (QED) is 0.896. The first-order valence-electron chi connectivity index (χ1n) is 7.29. The standard InChI is InChI=1S/C16H17FN2S/c17-13-4-2-1-3-12(13)16-19-15(10-5-6-10)14(20-16)9-18-11-7-8-11/h1-4,10-11,18H,5-9H2. The van der Waals surface area contributed by atoms with Gasteiger partial charge in [0.25, 0.3) is 0 Å². The molecule has 4 rings (SSSR count). The third-order valence-electron chi connectivity index (χ3n) is 3.92. The average molecular weight is 288 g/mol. The molecule has 1 aromatic heterocycles. The highest BCUT2D eigenvalue weighted by Gasteiger charge is 2.31. The molecular weight excluding hydrogens is 271 g/mol. The maximum absolute atomic E-state index is 13.9. The molecular formula is C16H17FN2S. The number of nitrogens with one attached hydrogen (secondary N) is 1. The molecule has 0 spiro atoms. The summed E-state index contributed by atoms with van der Waals surface area (Å²) in [6.45, 7) is 0.891. The van der Waals surface area contributed by atoms with Gasteiger partial charge in [-0.3, -0.25) is 0 Å². The average Bonchev–Trinajstić information content (AvgIpc) is 3.36. The highest BCUT2D eigenvalue weighted by molar-refractivity contribution is 7.15. The monoisotopic (exact) mass is 288 g/mol. The zero-order valence-electron chi connectivity index (χ0n) is 11.2. The molecule has 0 aliphatic heterocycles. The first-order valence-corrected chi connectivity index (χ1v) is 8.11. The van der Waals surface area contributed by atoms with Crippen LogP contribution in [0.4, 0.5) is 4.39 Å². The van der Waals surface area contributed by atoms with Crippen LogP contribution in [0, 0.1) is 5.82 Å². The fourth-order valence-corrected chi connectivity index (χ4v) is 3.57. The van der Waals surface area contributed by atoms with Crippen LogP contribution in [-0.4, -0.2) is 11.0 Å². The molecule has 2 aromatic rings. The first-order chi connectivity index (χ1) is 9.81. The molecule has 20 heavy (non-hydrogen) atoms. The Morgan fingerprint density at radius 1 is 1.20 bits per heavy atom. The first kappa shape index (κ1) is 12.5. The van der Waals surface area contributed by atoms with Crippen LogP contribution in [0.15, 0.2) is 24.3 Å². The number of aromatic nitrogens is 1. The van der Waals surface area contributed by atoms with Crippen molar-refractivity contribution in [2.24, 2.45) is 0 Å². The molecule has 4 heteroatoms. The van der Waals surface area contributed by atoms with Gasteiger partial charge in [-0.1, -0.05) is 12.1 Å². The molecule has 1 N–H and O–H groups in total. The van der Waals surface area contributed by atoms with Crippen molar-refractivity contribution < 1.29 is 4.39 Å². The smallest absolute Gasteiger partial charge is 0.133 e. The van der Waals surface area contributed by atoms with Gasteiger partial charge < -0.3 is 5.32 Å². The van der Waals surface area contributed by atoms with E-state index in [4.69, 9.17) is 4.98 Å². The molecule has 2 aliphatic carbocycles. The summed E-state index contributed by atoms with van der Waals surface area (Å²) in [7, 11) is 0. The van der Waals surface area contributed by atoms with Gasteiger partial charge in [-0.05, 0) is 37.8 Å². The zero-order valence-corrected chi connectivity index (χ0v) is 12.0. The van der Waals surface area contributed by atoms with E-state index in [1.807, 2.05) is 12.1 Å². The maximum atomic E-state index is 13.9. The van der Waals surface area contributed by atoms with Crippen molar-refractivity contribution in [3.05, 3.63) is 40.7 Å². The van der Waals surface area contributed by atoms with Crippen LogP contribution in [0.3, 0.4) is 0 Å². The van der Waals surface area contributed by atoms with Gasteiger partial charge in [0.1, 0.15) is 10.8 Å². The lowest BCUT2D eigenvalue weighted by atomic mass is 10.2. The lowest BCUT2D eigenvalue weighted by Gasteiger charge is -2.01. The third-order valence-corrected chi connectivity index (χ3v) is 5.03. The van der Waals surface area contributed by atoms with E-state index < -0.39 is 0 Å². The number of rotatable bonds is 5. The predicted octanol–water partition coefficient (Wildman–Crippen LogP) is 4.08. The van der Waals surface area contributed by atoms with Gasteiger partial charge in [0.15, 0.2) is 0 Å². The van der Waals surface area contributed by atoms with Crippen molar-refractivity contribution in [2.45, 2.75) is 44.2 Å². The number of hydrogen-bond donors (Lipinski definition) is 1. The molecule has 0 radical (unpaired) electrons. The normalized spacial score (nSPS) is 18.4. The van der Waals surface area contributed by atoms with E-state index in [0.29, 0.717) is 17.5 Å². The molecule has 2 saturated carbocycles. The van der Waals surface area contributed by atoms with Crippen LogP contribution in [0.25, 0.3) is 10.6 Å². The van der Waals surface area contributed by atoms with Crippen molar-refractivity contribution in [2.75, 3.05) is 0 Å². The Hall–Kier alpha value is -1.26. The number of nitrogens with zero attached hydrogens (tertiary/aromatic N) is 1. The summed E-state index contributed by atoms with van der Waals surface area (Å²) in [5.41, 5.74) is 1.85. The second kappa shape index (κ2) is 4.93. The minimum absolute atomic E-state index is 0.176.